The summed E-state index contributed by atoms with van der Waals surface area (Å²) in [6.45, 7) is 3.65. The maximum atomic E-state index is 12.3. The molecule has 0 spiro atoms. The highest BCUT2D eigenvalue weighted by atomic mass is 32.2. The molecule has 0 unspecified atom stereocenters. The van der Waals surface area contributed by atoms with E-state index in [-0.39, 0.29) is 11.0 Å². The number of hydrogen-bond acceptors (Lipinski definition) is 6. The molecule has 0 aliphatic rings. The van der Waals surface area contributed by atoms with Crippen molar-refractivity contribution in [3.63, 3.8) is 0 Å². The second-order valence-corrected chi connectivity index (χ2v) is 6.05. The fraction of sp³-hybridized carbons (Fsp3) is 0.188. The average Bonchev–Trinajstić information content (AvgIpc) is 3.16. The highest BCUT2D eigenvalue weighted by molar-refractivity contribution is 8.00. The average molecular weight is 314 g/mol. The quantitative estimate of drug-likeness (QED) is 0.523. The Labute approximate surface area is 131 Å². The second kappa shape index (κ2) is 6.19. The standard InChI is InChI=1S/C16H14N2O3S/c1-10-13(8-9-20-10)15-17-18-16(21-15)22-11(2)14(19)12-6-4-3-5-7-12/h3-9,11H,1-2H3/t11-/m0/s1. The molecule has 3 aromatic rings. The van der Waals surface area contributed by atoms with Crippen molar-refractivity contribution in [3.05, 3.63) is 54.0 Å². The third-order valence-electron chi connectivity index (χ3n) is 3.20. The molecular weight excluding hydrogens is 300 g/mol. The third kappa shape index (κ3) is 2.96. The molecule has 5 nitrogen and oxygen atoms in total. The Morgan fingerprint density at radius 3 is 2.64 bits per heavy atom. The zero-order chi connectivity index (χ0) is 15.5. The first-order valence-electron chi connectivity index (χ1n) is 6.79. The number of aromatic nitrogens is 2. The van der Waals surface area contributed by atoms with Crippen LogP contribution >= 0.6 is 11.8 Å². The molecule has 0 aliphatic heterocycles. The topological polar surface area (TPSA) is 69.1 Å². The first-order valence-corrected chi connectivity index (χ1v) is 7.67. The maximum absolute atomic E-state index is 12.3. The fourth-order valence-electron chi connectivity index (χ4n) is 2.01. The van der Waals surface area contributed by atoms with E-state index in [9.17, 15) is 4.79 Å². The Morgan fingerprint density at radius 1 is 1.18 bits per heavy atom. The molecule has 0 N–H and O–H groups in total. The minimum atomic E-state index is -0.304. The van der Waals surface area contributed by atoms with Gasteiger partial charge in [-0.25, -0.2) is 0 Å². The van der Waals surface area contributed by atoms with Crippen LogP contribution in [0.1, 0.15) is 23.0 Å². The summed E-state index contributed by atoms with van der Waals surface area (Å²) in [5.41, 5.74) is 1.44. The first-order chi connectivity index (χ1) is 10.6. The number of nitrogens with zero attached hydrogens (tertiary/aromatic N) is 2. The molecule has 0 saturated carbocycles. The summed E-state index contributed by atoms with van der Waals surface area (Å²) >= 11 is 1.25. The van der Waals surface area contributed by atoms with E-state index in [2.05, 4.69) is 10.2 Å². The number of carbonyl (C=O) groups excluding carboxylic acids is 1. The van der Waals surface area contributed by atoms with Gasteiger partial charge >= 0.3 is 0 Å². The van der Waals surface area contributed by atoms with E-state index in [0.29, 0.717) is 22.4 Å². The van der Waals surface area contributed by atoms with Crippen LogP contribution in [0.2, 0.25) is 0 Å². The molecule has 0 saturated heterocycles. The van der Waals surface area contributed by atoms with Crippen molar-refractivity contribution >= 4 is 17.5 Å². The number of thioether (sulfide) groups is 1. The minimum Gasteiger partial charge on any atom is -0.469 e. The zero-order valence-corrected chi connectivity index (χ0v) is 13.0. The van der Waals surface area contributed by atoms with Gasteiger partial charge in [0.05, 0.1) is 17.1 Å². The van der Waals surface area contributed by atoms with Gasteiger partial charge in [0.1, 0.15) is 5.76 Å². The van der Waals surface area contributed by atoms with E-state index in [1.807, 2.05) is 32.0 Å². The SMILES string of the molecule is Cc1occc1-c1nnc(S[C@@H](C)C(=O)c2ccccc2)o1. The molecule has 3 rings (SSSR count). The van der Waals surface area contributed by atoms with Gasteiger partial charge in [-0.15, -0.1) is 10.2 Å². The van der Waals surface area contributed by atoms with Crippen molar-refractivity contribution in [1.29, 1.82) is 0 Å². The zero-order valence-electron chi connectivity index (χ0n) is 12.1. The van der Waals surface area contributed by atoms with Gasteiger partial charge in [0.15, 0.2) is 5.78 Å². The Bertz CT molecular complexity index is 780. The summed E-state index contributed by atoms with van der Waals surface area (Å²) in [4.78, 5) is 12.3. The monoisotopic (exact) mass is 314 g/mol. The molecule has 6 heteroatoms. The summed E-state index contributed by atoms with van der Waals surface area (Å²) in [6, 6.07) is 10.9. The van der Waals surface area contributed by atoms with Crippen LogP contribution < -0.4 is 0 Å². The first kappa shape index (κ1) is 14.6. The molecule has 2 heterocycles. The highest BCUT2D eigenvalue weighted by Crippen LogP contribution is 2.29. The normalized spacial score (nSPS) is 12.3. The van der Waals surface area contributed by atoms with Gasteiger partial charge in [0.2, 0.25) is 0 Å². The Hall–Kier alpha value is -2.34. The van der Waals surface area contributed by atoms with Gasteiger partial charge in [-0.1, -0.05) is 42.1 Å². The largest absolute Gasteiger partial charge is 0.469 e. The number of ketones is 1. The van der Waals surface area contributed by atoms with Crippen LogP contribution in [-0.2, 0) is 0 Å². The summed E-state index contributed by atoms with van der Waals surface area (Å²) in [5.74, 6) is 1.14. The van der Waals surface area contributed by atoms with E-state index in [4.69, 9.17) is 8.83 Å². The van der Waals surface area contributed by atoms with Crippen LogP contribution in [0.15, 0.2) is 56.7 Å². The highest BCUT2D eigenvalue weighted by Gasteiger charge is 2.20. The smallest absolute Gasteiger partial charge is 0.277 e. The molecule has 22 heavy (non-hydrogen) atoms. The minimum absolute atomic E-state index is 0.0323. The molecule has 0 radical (unpaired) electrons. The van der Waals surface area contributed by atoms with E-state index >= 15 is 0 Å². The van der Waals surface area contributed by atoms with Crippen LogP contribution in [0.5, 0.6) is 0 Å². The van der Waals surface area contributed by atoms with Gasteiger partial charge in [-0.3, -0.25) is 4.79 Å². The lowest BCUT2D eigenvalue weighted by Crippen LogP contribution is -2.13. The van der Waals surface area contributed by atoms with E-state index < -0.39 is 0 Å². The third-order valence-corrected chi connectivity index (χ3v) is 4.14. The van der Waals surface area contributed by atoms with Gasteiger partial charge in [0.25, 0.3) is 11.1 Å². The molecule has 0 aliphatic carbocycles. The number of hydrogen-bond donors (Lipinski definition) is 0. The molecule has 0 fully saturated rings. The lowest BCUT2D eigenvalue weighted by molar-refractivity contribution is 0.0993. The summed E-state index contributed by atoms with van der Waals surface area (Å²) in [5, 5.41) is 8.04. The van der Waals surface area contributed by atoms with Crippen LogP contribution in [0.25, 0.3) is 11.5 Å². The van der Waals surface area contributed by atoms with Crippen molar-refractivity contribution < 1.29 is 13.6 Å². The van der Waals surface area contributed by atoms with E-state index in [0.717, 1.165) is 5.56 Å². The van der Waals surface area contributed by atoms with E-state index in [1.54, 1.807) is 24.5 Å². The maximum Gasteiger partial charge on any atom is 0.277 e. The summed E-state index contributed by atoms with van der Waals surface area (Å²) in [7, 11) is 0. The predicted molar refractivity (Wildman–Crippen MR) is 82.8 cm³/mol. The van der Waals surface area contributed by atoms with Gasteiger partial charge in [-0.2, -0.15) is 0 Å². The van der Waals surface area contributed by atoms with Crippen LogP contribution in [0, 0.1) is 6.92 Å². The number of carbonyl (C=O) groups is 1. The molecule has 2 aromatic heterocycles. The van der Waals surface area contributed by atoms with Crippen molar-refractivity contribution in [2.45, 2.75) is 24.3 Å². The molecular formula is C16H14N2O3S. The van der Waals surface area contributed by atoms with Gasteiger partial charge < -0.3 is 8.83 Å². The molecule has 1 aromatic carbocycles. The van der Waals surface area contributed by atoms with Gasteiger partial charge in [0, 0.05) is 5.56 Å². The molecule has 0 bridgehead atoms. The van der Waals surface area contributed by atoms with Crippen molar-refractivity contribution in [2.75, 3.05) is 0 Å². The Balaban J connectivity index is 1.73. The Kier molecular flexibility index (Phi) is 4.11. The number of Topliss-reactive ketones (excluding diaryl/α,β-unsaturated/α-hetero) is 1. The molecule has 0 amide bonds. The van der Waals surface area contributed by atoms with Gasteiger partial charge in [-0.05, 0) is 19.9 Å². The Morgan fingerprint density at radius 2 is 1.95 bits per heavy atom. The lowest BCUT2D eigenvalue weighted by atomic mass is 10.1. The molecule has 1 atom stereocenters. The van der Waals surface area contributed by atoms with Crippen molar-refractivity contribution in [1.82, 2.24) is 10.2 Å². The number of benzene rings is 1. The van der Waals surface area contributed by atoms with Crippen LogP contribution in [0.4, 0.5) is 0 Å². The number of rotatable bonds is 5. The number of furan rings is 1. The molecule has 112 valence electrons. The van der Waals surface area contributed by atoms with Crippen LogP contribution in [-0.4, -0.2) is 21.2 Å². The van der Waals surface area contributed by atoms with Crippen molar-refractivity contribution in [3.8, 4) is 11.5 Å². The lowest BCUT2D eigenvalue weighted by Gasteiger charge is -2.06. The second-order valence-electron chi connectivity index (χ2n) is 4.75. The summed E-state index contributed by atoms with van der Waals surface area (Å²) < 4.78 is 10.8. The van der Waals surface area contributed by atoms with E-state index in [1.165, 1.54) is 11.8 Å². The predicted octanol–water partition coefficient (Wildman–Crippen LogP) is 4.00. The van der Waals surface area contributed by atoms with Crippen LogP contribution in [0.3, 0.4) is 0 Å². The fourth-order valence-corrected chi connectivity index (χ4v) is 2.78. The van der Waals surface area contributed by atoms with Crippen molar-refractivity contribution in [2.24, 2.45) is 0 Å². The summed E-state index contributed by atoms with van der Waals surface area (Å²) in [6.07, 6.45) is 1.57. The number of aryl methyl sites for hydroxylation is 1.